The van der Waals surface area contributed by atoms with Crippen molar-refractivity contribution >= 4 is 11.6 Å². The number of nitrogens with zero attached hydrogens (tertiary/aromatic N) is 3. The molecule has 2 aromatic rings. The van der Waals surface area contributed by atoms with Gasteiger partial charge in [0.05, 0.1) is 24.5 Å². The molecule has 1 unspecified atom stereocenters. The molecule has 0 aliphatic carbocycles. The number of aromatic nitrogens is 2. The molecule has 1 N–H and O–H groups in total. The summed E-state index contributed by atoms with van der Waals surface area (Å²) in [7, 11) is 1.45. The first kappa shape index (κ1) is 22.8. The fourth-order valence-corrected chi connectivity index (χ4v) is 3.28. The molecule has 0 radical (unpaired) electrons. The molecule has 3 rings (SSSR count). The fourth-order valence-electron chi connectivity index (χ4n) is 3.28. The van der Waals surface area contributed by atoms with E-state index in [-0.39, 0.29) is 30.4 Å². The van der Waals surface area contributed by atoms with Crippen LogP contribution in [0.1, 0.15) is 12.7 Å². The number of amides is 1. The molecule has 2 atom stereocenters. The molecule has 1 fully saturated rings. The molecule has 11 heteroatoms. The molecule has 31 heavy (non-hydrogen) atoms. The van der Waals surface area contributed by atoms with Crippen molar-refractivity contribution in [1.82, 2.24) is 15.3 Å². The van der Waals surface area contributed by atoms with E-state index in [4.69, 9.17) is 14.2 Å². The predicted octanol–water partition coefficient (Wildman–Crippen LogP) is 2.64. The summed E-state index contributed by atoms with van der Waals surface area (Å²) in [6.45, 7) is 3.43. The minimum Gasteiger partial charge on any atom is -0.454 e. The molecular weight excluding hydrogens is 417 g/mol. The van der Waals surface area contributed by atoms with Crippen LogP contribution < -0.4 is 15.0 Å². The number of carbonyl (C=O) groups excluding carboxylic acids is 1. The summed E-state index contributed by atoms with van der Waals surface area (Å²) >= 11 is 0. The number of rotatable bonds is 8. The van der Waals surface area contributed by atoms with E-state index in [1.54, 1.807) is 18.2 Å². The number of alkyl halides is 3. The molecule has 2 heterocycles. The molecule has 0 spiro atoms. The average Bonchev–Trinajstić information content (AvgIpc) is 3.11. The van der Waals surface area contributed by atoms with Crippen LogP contribution >= 0.6 is 0 Å². The van der Waals surface area contributed by atoms with Crippen LogP contribution in [0.2, 0.25) is 0 Å². The zero-order chi connectivity index (χ0) is 22.4. The van der Waals surface area contributed by atoms with Crippen molar-refractivity contribution in [3.63, 3.8) is 0 Å². The molecule has 1 amide bonds. The first-order valence-electron chi connectivity index (χ1n) is 9.62. The molecule has 168 valence electrons. The highest BCUT2D eigenvalue weighted by molar-refractivity contribution is 5.77. The Morgan fingerprint density at radius 3 is 2.61 bits per heavy atom. The van der Waals surface area contributed by atoms with E-state index in [0.29, 0.717) is 25.4 Å². The van der Waals surface area contributed by atoms with Gasteiger partial charge in [-0.3, -0.25) is 4.79 Å². The molecule has 1 aromatic heterocycles. The summed E-state index contributed by atoms with van der Waals surface area (Å²) in [4.78, 5) is 20.5. The molecule has 0 bridgehead atoms. The molecule has 0 saturated carbocycles. The third-order valence-corrected chi connectivity index (χ3v) is 4.57. The summed E-state index contributed by atoms with van der Waals surface area (Å²) in [5, 5.41) is 2.92. The van der Waals surface area contributed by atoms with Crippen molar-refractivity contribution in [3.8, 4) is 11.5 Å². The molecule has 1 aliphatic heterocycles. The van der Waals surface area contributed by atoms with Crippen LogP contribution in [0, 0.1) is 0 Å². The number of hydrogen-bond donors (Lipinski definition) is 1. The van der Waals surface area contributed by atoms with Gasteiger partial charge in [-0.05, 0) is 19.1 Å². The van der Waals surface area contributed by atoms with Gasteiger partial charge in [0, 0.05) is 38.6 Å². The standard InChI is InChI=1S/C20H23F3N4O4/c1-3-30-17-11-27(10-16(17)26-18(28)12-29-2)13-5-4-6-14(7-13)31-15-8-24-19(25-9-15)20(21,22)23/h4-9,16-17H,3,10-12H2,1-2H3,(H,26,28)/t16?,17-/m1/s1. The van der Waals surface area contributed by atoms with Crippen LogP contribution in [-0.2, 0) is 20.4 Å². The molecule has 1 aromatic carbocycles. The number of halogens is 3. The lowest BCUT2D eigenvalue weighted by atomic mass is 10.2. The summed E-state index contributed by atoms with van der Waals surface area (Å²) in [6, 6.07) is 6.85. The van der Waals surface area contributed by atoms with Gasteiger partial charge in [0.1, 0.15) is 12.4 Å². The first-order valence-corrected chi connectivity index (χ1v) is 9.62. The van der Waals surface area contributed by atoms with Gasteiger partial charge in [-0.25, -0.2) is 9.97 Å². The van der Waals surface area contributed by atoms with Gasteiger partial charge >= 0.3 is 6.18 Å². The summed E-state index contributed by atoms with van der Waals surface area (Å²) in [5.41, 5.74) is 0.818. The summed E-state index contributed by atoms with van der Waals surface area (Å²) < 4.78 is 54.0. The van der Waals surface area contributed by atoms with Gasteiger partial charge in [0.2, 0.25) is 11.7 Å². The van der Waals surface area contributed by atoms with Crippen LogP contribution in [0.4, 0.5) is 18.9 Å². The van der Waals surface area contributed by atoms with E-state index in [1.807, 2.05) is 17.9 Å². The second kappa shape index (κ2) is 9.92. The largest absolute Gasteiger partial charge is 0.454 e. The van der Waals surface area contributed by atoms with Gasteiger partial charge < -0.3 is 24.4 Å². The first-order chi connectivity index (χ1) is 14.8. The van der Waals surface area contributed by atoms with E-state index >= 15 is 0 Å². The molecule has 1 aliphatic rings. The van der Waals surface area contributed by atoms with Crippen LogP contribution in [0.15, 0.2) is 36.7 Å². The zero-order valence-electron chi connectivity index (χ0n) is 17.1. The number of carbonyl (C=O) groups is 1. The lowest BCUT2D eigenvalue weighted by molar-refractivity contribution is -0.145. The maximum absolute atomic E-state index is 12.6. The lowest BCUT2D eigenvalue weighted by Gasteiger charge is -2.19. The lowest BCUT2D eigenvalue weighted by Crippen LogP contribution is -2.45. The van der Waals surface area contributed by atoms with Gasteiger partial charge in [0.25, 0.3) is 0 Å². The second-order valence-corrected chi connectivity index (χ2v) is 6.85. The number of benzene rings is 1. The Bertz CT molecular complexity index is 879. The zero-order valence-corrected chi connectivity index (χ0v) is 17.1. The van der Waals surface area contributed by atoms with E-state index in [9.17, 15) is 18.0 Å². The second-order valence-electron chi connectivity index (χ2n) is 6.85. The maximum atomic E-state index is 12.6. The van der Waals surface area contributed by atoms with Gasteiger partial charge in [-0.15, -0.1) is 0 Å². The van der Waals surface area contributed by atoms with Crippen molar-refractivity contribution < 1.29 is 32.2 Å². The number of methoxy groups -OCH3 is 1. The normalized spacial score (nSPS) is 18.8. The quantitative estimate of drug-likeness (QED) is 0.676. The van der Waals surface area contributed by atoms with E-state index in [0.717, 1.165) is 18.1 Å². The SMILES string of the molecule is CCO[C@@H]1CN(c2cccc(Oc3cnc(C(F)(F)F)nc3)c2)CC1NC(=O)COC. The smallest absolute Gasteiger partial charge is 0.451 e. The molecular formula is C20H23F3N4O4. The van der Waals surface area contributed by atoms with Crippen LogP contribution in [-0.4, -0.2) is 61.4 Å². The Balaban J connectivity index is 1.69. The molecule has 8 nitrogen and oxygen atoms in total. The van der Waals surface area contributed by atoms with E-state index in [2.05, 4.69) is 15.3 Å². The number of ether oxygens (including phenoxy) is 3. The van der Waals surface area contributed by atoms with Gasteiger partial charge in [0.15, 0.2) is 5.75 Å². The van der Waals surface area contributed by atoms with Crippen molar-refractivity contribution in [3.05, 3.63) is 42.5 Å². The van der Waals surface area contributed by atoms with Crippen molar-refractivity contribution in [2.24, 2.45) is 0 Å². The van der Waals surface area contributed by atoms with Gasteiger partial charge in [-0.1, -0.05) is 6.07 Å². The minimum absolute atomic E-state index is 0.0339. The maximum Gasteiger partial charge on any atom is 0.451 e. The third kappa shape index (κ3) is 6.05. The molecule has 1 saturated heterocycles. The van der Waals surface area contributed by atoms with Crippen LogP contribution in [0.25, 0.3) is 0 Å². The van der Waals surface area contributed by atoms with Gasteiger partial charge in [-0.2, -0.15) is 13.2 Å². The van der Waals surface area contributed by atoms with Crippen LogP contribution in [0.3, 0.4) is 0 Å². The Morgan fingerprint density at radius 1 is 1.23 bits per heavy atom. The average molecular weight is 440 g/mol. The highest BCUT2D eigenvalue weighted by atomic mass is 19.4. The Hall–Kier alpha value is -2.92. The highest BCUT2D eigenvalue weighted by Crippen LogP contribution is 2.30. The number of hydrogen-bond acceptors (Lipinski definition) is 7. The third-order valence-electron chi connectivity index (χ3n) is 4.57. The van der Waals surface area contributed by atoms with Crippen LogP contribution in [0.5, 0.6) is 11.5 Å². The highest BCUT2D eigenvalue weighted by Gasteiger charge is 2.35. The minimum atomic E-state index is -4.61. The van der Waals surface area contributed by atoms with Crippen molar-refractivity contribution in [2.45, 2.75) is 25.2 Å². The Morgan fingerprint density at radius 2 is 1.97 bits per heavy atom. The van der Waals surface area contributed by atoms with Crippen molar-refractivity contribution in [1.29, 1.82) is 0 Å². The monoisotopic (exact) mass is 440 g/mol. The topological polar surface area (TPSA) is 85.8 Å². The van der Waals surface area contributed by atoms with Crippen molar-refractivity contribution in [2.75, 3.05) is 38.3 Å². The van der Waals surface area contributed by atoms with E-state index in [1.165, 1.54) is 7.11 Å². The Labute approximate surface area is 177 Å². The fraction of sp³-hybridized carbons (Fsp3) is 0.450. The predicted molar refractivity (Wildman–Crippen MR) is 105 cm³/mol. The number of nitrogens with one attached hydrogen (secondary N) is 1. The summed E-state index contributed by atoms with van der Waals surface area (Å²) in [5.74, 6) is -0.947. The van der Waals surface area contributed by atoms with E-state index < -0.39 is 12.0 Å². The Kier molecular flexibility index (Phi) is 7.29. The summed E-state index contributed by atoms with van der Waals surface area (Å²) in [6.07, 6.45) is -2.85. The number of anilines is 1.